The molecule has 1 aliphatic heterocycles. The molecule has 1 aliphatic rings. The molecule has 1 N–H and O–H groups in total. The number of carboxylic acid groups (broad SMARTS) is 1. The number of nitrogens with zero attached hydrogens (tertiary/aromatic N) is 2. The molecule has 1 amide bonds. The van der Waals surface area contributed by atoms with Gasteiger partial charge in [0.1, 0.15) is 5.76 Å². The lowest BCUT2D eigenvalue weighted by atomic mass is 10.2. The van der Waals surface area contributed by atoms with Crippen LogP contribution in [0.3, 0.4) is 0 Å². The molecule has 6 nitrogen and oxygen atoms in total. The van der Waals surface area contributed by atoms with Gasteiger partial charge >= 0.3 is 5.97 Å². The molecule has 6 heteroatoms. The van der Waals surface area contributed by atoms with Crippen LogP contribution in [-0.2, 0) is 11.3 Å². The summed E-state index contributed by atoms with van der Waals surface area (Å²) < 4.78 is 5.14. The van der Waals surface area contributed by atoms with E-state index in [0.29, 0.717) is 25.4 Å². The number of hydrogen-bond donors (Lipinski definition) is 1. The molecular formula is C12H16N2O4. The number of aryl methyl sites for hydroxylation is 1. The van der Waals surface area contributed by atoms with Gasteiger partial charge in [0.25, 0.3) is 0 Å². The number of carbonyl (C=O) groups excluding carboxylic acids is 1. The van der Waals surface area contributed by atoms with Crippen LogP contribution in [0.1, 0.15) is 21.9 Å². The molecular weight excluding hydrogens is 236 g/mol. The number of likely N-dealkylation sites (N-methyl/N-ethyl adjacent to an activating group) is 1. The highest BCUT2D eigenvalue weighted by atomic mass is 16.4. The van der Waals surface area contributed by atoms with Gasteiger partial charge in [0.05, 0.1) is 6.54 Å². The van der Waals surface area contributed by atoms with Crippen LogP contribution in [0.2, 0.25) is 0 Å². The standard InChI is InChI=1S/C12H16N2O4/c1-8-9(5-10(18-8)12(16)17)6-14-4-3-13(2)11(15)7-14/h5H,3-4,6-7H2,1-2H3,(H,16,17). The first-order chi connectivity index (χ1) is 8.47. The Labute approximate surface area is 105 Å². The SMILES string of the molecule is Cc1oc(C(=O)O)cc1CN1CCN(C)C(=O)C1. The fourth-order valence-corrected chi connectivity index (χ4v) is 1.97. The summed E-state index contributed by atoms with van der Waals surface area (Å²) in [6, 6.07) is 1.53. The van der Waals surface area contributed by atoms with Crippen LogP contribution in [0.15, 0.2) is 10.5 Å². The number of carboxylic acids is 1. The largest absolute Gasteiger partial charge is 0.475 e. The van der Waals surface area contributed by atoms with E-state index in [9.17, 15) is 9.59 Å². The maximum absolute atomic E-state index is 11.6. The van der Waals surface area contributed by atoms with Crippen LogP contribution in [0.5, 0.6) is 0 Å². The lowest BCUT2D eigenvalue weighted by molar-refractivity contribution is -0.134. The van der Waals surface area contributed by atoms with Crippen molar-refractivity contribution in [2.75, 3.05) is 26.7 Å². The van der Waals surface area contributed by atoms with E-state index in [1.165, 1.54) is 6.07 Å². The molecule has 0 atom stereocenters. The fourth-order valence-electron chi connectivity index (χ4n) is 1.97. The summed E-state index contributed by atoms with van der Waals surface area (Å²) in [6.45, 7) is 4.13. The van der Waals surface area contributed by atoms with Crippen LogP contribution < -0.4 is 0 Å². The second-order valence-electron chi connectivity index (χ2n) is 4.52. The molecule has 0 aliphatic carbocycles. The van der Waals surface area contributed by atoms with Crippen LogP contribution in [0.25, 0.3) is 0 Å². The summed E-state index contributed by atoms with van der Waals surface area (Å²) >= 11 is 0. The minimum Gasteiger partial charge on any atom is -0.475 e. The van der Waals surface area contributed by atoms with Gasteiger partial charge in [-0.25, -0.2) is 4.79 Å². The first-order valence-electron chi connectivity index (χ1n) is 5.76. The van der Waals surface area contributed by atoms with Crippen molar-refractivity contribution in [3.05, 3.63) is 23.2 Å². The minimum atomic E-state index is -1.07. The van der Waals surface area contributed by atoms with Crippen LogP contribution in [0.4, 0.5) is 0 Å². The summed E-state index contributed by atoms with van der Waals surface area (Å²) in [5, 5.41) is 8.84. The highest BCUT2D eigenvalue weighted by Crippen LogP contribution is 2.17. The summed E-state index contributed by atoms with van der Waals surface area (Å²) in [5.41, 5.74) is 0.824. The van der Waals surface area contributed by atoms with Gasteiger partial charge in [0, 0.05) is 32.2 Å². The van der Waals surface area contributed by atoms with Gasteiger partial charge in [-0.2, -0.15) is 0 Å². The van der Waals surface area contributed by atoms with Crippen molar-refractivity contribution in [1.82, 2.24) is 9.80 Å². The van der Waals surface area contributed by atoms with Crippen LogP contribution >= 0.6 is 0 Å². The second-order valence-corrected chi connectivity index (χ2v) is 4.52. The van der Waals surface area contributed by atoms with E-state index < -0.39 is 5.97 Å². The average Bonchev–Trinajstić information content (AvgIpc) is 2.66. The fraction of sp³-hybridized carbons (Fsp3) is 0.500. The lowest BCUT2D eigenvalue weighted by Gasteiger charge is -2.31. The Balaban J connectivity index is 2.05. The van der Waals surface area contributed by atoms with Gasteiger partial charge in [0.2, 0.25) is 11.7 Å². The Hall–Kier alpha value is -1.82. The van der Waals surface area contributed by atoms with Crippen molar-refractivity contribution < 1.29 is 19.1 Å². The van der Waals surface area contributed by atoms with E-state index in [4.69, 9.17) is 9.52 Å². The second kappa shape index (κ2) is 4.81. The average molecular weight is 252 g/mol. The highest BCUT2D eigenvalue weighted by Gasteiger charge is 2.22. The third kappa shape index (κ3) is 2.53. The highest BCUT2D eigenvalue weighted by molar-refractivity contribution is 5.84. The van der Waals surface area contributed by atoms with Crippen molar-refractivity contribution in [3.8, 4) is 0 Å². The molecule has 98 valence electrons. The number of aromatic carboxylic acids is 1. The third-order valence-electron chi connectivity index (χ3n) is 3.16. The van der Waals surface area contributed by atoms with E-state index in [-0.39, 0.29) is 11.7 Å². The van der Waals surface area contributed by atoms with E-state index in [0.717, 1.165) is 12.1 Å². The lowest BCUT2D eigenvalue weighted by Crippen LogP contribution is -2.47. The zero-order chi connectivity index (χ0) is 13.3. The van der Waals surface area contributed by atoms with E-state index in [2.05, 4.69) is 0 Å². The predicted molar refractivity (Wildman–Crippen MR) is 63.3 cm³/mol. The van der Waals surface area contributed by atoms with Gasteiger partial charge in [0.15, 0.2) is 0 Å². The molecule has 0 bridgehead atoms. The molecule has 1 fully saturated rings. The molecule has 0 aromatic carbocycles. The maximum Gasteiger partial charge on any atom is 0.371 e. The molecule has 1 aromatic rings. The van der Waals surface area contributed by atoms with Crippen molar-refractivity contribution in [3.63, 3.8) is 0 Å². The number of hydrogen-bond acceptors (Lipinski definition) is 4. The van der Waals surface area contributed by atoms with Crippen molar-refractivity contribution in [2.24, 2.45) is 0 Å². The zero-order valence-corrected chi connectivity index (χ0v) is 10.5. The number of amides is 1. The number of carbonyl (C=O) groups is 2. The molecule has 0 unspecified atom stereocenters. The predicted octanol–water partition coefficient (Wildman–Crippen LogP) is 0.560. The van der Waals surface area contributed by atoms with Crippen LogP contribution in [0, 0.1) is 6.92 Å². The molecule has 1 saturated heterocycles. The molecule has 0 radical (unpaired) electrons. The Kier molecular flexibility index (Phi) is 3.38. The first kappa shape index (κ1) is 12.6. The quantitative estimate of drug-likeness (QED) is 0.850. The maximum atomic E-state index is 11.6. The smallest absolute Gasteiger partial charge is 0.371 e. The molecule has 2 heterocycles. The molecule has 2 rings (SSSR count). The van der Waals surface area contributed by atoms with Gasteiger partial charge in [-0.3, -0.25) is 9.69 Å². The Morgan fingerprint density at radius 3 is 2.78 bits per heavy atom. The summed E-state index contributed by atoms with van der Waals surface area (Å²) in [6.07, 6.45) is 0. The number of furan rings is 1. The molecule has 0 saturated carbocycles. The Bertz CT molecular complexity index is 480. The van der Waals surface area contributed by atoms with Crippen molar-refractivity contribution in [1.29, 1.82) is 0 Å². The van der Waals surface area contributed by atoms with Crippen LogP contribution in [-0.4, -0.2) is 53.5 Å². The molecule has 1 aromatic heterocycles. The molecule has 0 spiro atoms. The van der Waals surface area contributed by atoms with E-state index in [1.54, 1.807) is 18.9 Å². The molecule has 18 heavy (non-hydrogen) atoms. The van der Waals surface area contributed by atoms with E-state index in [1.807, 2.05) is 4.90 Å². The minimum absolute atomic E-state index is 0.0528. The first-order valence-corrected chi connectivity index (χ1v) is 5.76. The van der Waals surface area contributed by atoms with Crippen molar-refractivity contribution >= 4 is 11.9 Å². The Morgan fingerprint density at radius 2 is 2.22 bits per heavy atom. The summed E-state index contributed by atoms with van der Waals surface area (Å²) in [4.78, 5) is 26.0. The topological polar surface area (TPSA) is 74.0 Å². The van der Waals surface area contributed by atoms with E-state index >= 15 is 0 Å². The number of rotatable bonds is 3. The summed E-state index contributed by atoms with van der Waals surface area (Å²) in [7, 11) is 1.78. The zero-order valence-electron chi connectivity index (χ0n) is 10.5. The van der Waals surface area contributed by atoms with Gasteiger partial charge in [-0.15, -0.1) is 0 Å². The Morgan fingerprint density at radius 1 is 1.50 bits per heavy atom. The van der Waals surface area contributed by atoms with Gasteiger partial charge < -0.3 is 14.4 Å². The van der Waals surface area contributed by atoms with Gasteiger partial charge in [-0.05, 0) is 13.0 Å². The number of piperazine rings is 1. The normalized spacial score (nSPS) is 17.2. The van der Waals surface area contributed by atoms with Gasteiger partial charge in [-0.1, -0.05) is 0 Å². The monoisotopic (exact) mass is 252 g/mol. The van der Waals surface area contributed by atoms with Crippen molar-refractivity contribution in [2.45, 2.75) is 13.5 Å². The third-order valence-corrected chi connectivity index (χ3v) is 3.16. The summed E-state index contributed by atoms with van der Waals surface area (Å²) in [5.74, 6) is -0.443.